The molecule has 0 aliphatic rings. The number of hydrogen-bond acceptors (Lipinski definition) is 3. The lowest BCUT2D eigenvalue weighted by molar-refractivity contribution is 0.876. The van der Waals surface area contributed by atoms with Crippen molar-refractivity contribution >= 4 is 17.4 Å². The number of halogens is 1. The van der Waals surface area contributed by atoms with Crippen molar-refractivity contribution in [1.82, 2.24) is 14.8 Å². The van der Waals surface area contributed by atoms with Crippen molar-refractivity contribution in [2.24, 2.45) is 0 Å². The van der Waals surface area contributed by atoms with Gasteiger partial charge >= 0.3 is 0 Å². The van der Waals surface area contributed by atoms with Crippen molar-refractivity contribution in [1.29, 1.82) is 0 Å². The van der Waals surface area contributed by atoms with Gasteiger partial charge in [-0.25, -0.2) is 9.67 Å². The van der Waals surface area contributed by atoms with Gasteiger partial charge in [-0.1, -0.05) is 18.5 Å². The van der Waals surface area contributed by atoms with Crippen LogP contribution in [-0.2, 0) is 0 Å². The van der Waals surface area contributed by atoms with Gasteiger partial charge in [0.15, 0.2) is 0 Å². The highest BCUT2D eigenvalue weighted by Gasteiger charge is 2.00. The van der Waals surface area contributed by atoms with Crippen LogP contribution < -0.4 is 5.32 Å². The molecule has 2 aromatic heterocycles. The Morgan fingerprint density at radius 1 is 1.50 bits per heavy atom. The summed E-state index contributed by atoms with van der Waals surface area (Å²) >= 11 is 5.82. The molecule has 0 unspecified atom stereocenters. The fourth-order valence-electron chi connectivity index (χ4n) is 1.35. The van der Waals surface area contributed by atoms with E-state index in [1.165, 1.54) is 0 Å². The largest absolute Gasteiger partial charge is 0.370 e. The van der Waals surface area contributed by atoms with E-state index in [0.717, 1.165) is 24.5 Å². The fourth-order valence-corrected chi connectivity index (χ4v) is 1.49. The monoisotopic (exact) mass is 236 g/mol. The Morgan fingerprint density at radius 2 is 2.38 bits per heavy atom. The van der Waals surface area contributed by atoms with Crippen LogP contribution in [0.4, 0.5) is 5.82 Å². The van der Waals surface area contributed by atoms with Gasteiger partial charge in [-0.05, 0) is 12.5 Å². The number of anilines is 1. The first-order valence-electron chi connectivity index (χ1n) is 5.20. The predicted molar refractivity (Wildman–Crippen MR) is 65.1 cm³/mol. The van der Waals surface area contributed by atoms with E-state index in [9.17, 15) is 0 Å². The van der Waals surface area contributed by atoms with Crippen molar-refractivity contribution in [3.63, 3.8) is 0 Å². The molecule has 0 fully saturated rings. The van der Waals surface area contributed by atoms with Gasteiger partial charge in [0.25, 0.3) is 0 Å². The number of aromatic nitrogens is 3. The maximum absolute atomic E-state index is 5.82. The third kappa shape index (κ3) is 2.52. The normalized spacial score (nSPS) is 10.4. The van der Waals surface area contributed by atoms with Crippen LogP contribution in [-0.4, -0.2) is 21.3 Å². The number of hydrogen-bond donors (Lipinski definition) is 1. The third-order valence-electron chi connectivity index (χ3n) is 2.12. The molecule has 0 bridgehead atoms. The van der Waals surface area contributed by atoms with Gasteiger partial charge in [-0.2, -0.15) is 5.10 Å². The number of rotatable bonds is 4. The molecule has 4 nitrogen and oxygen atoms in total. The molecule has 5 heteroatoms. The Bertz CT molecular complexity index is 467. The molecular formula is C11H13ClN4. The average Bonchev–Trinajstić information content (AvgIpc) is 2.74. The van der Waals surface area contributed by atoms with Crippen LogP contribution in [0.2, 0.25) is 5.02 Å². The molecule has 2 heterocycles. The summed E-state index contributed by atoms with van der Waals surface area (Å²) in [6.07, 6.45) is 6.20. The van der Waals surface area contributed by atoms with Gasteiger partial charge in [-0.3, -0.25) is 0 Å². The second-order valence-corrected chi connectivity index (χ2v) is 3.87. The number of nitrogens with zero attached hydrogens (tertiary/aromatic N) is 3. The zero-order valence-electron chi connectivity index (χ0n) is 9.02. The molecule has 0 saturated heterocycles. The van der Waals surface area contributed by atoms with Crippen LogP contribution >= 0.6 is 11.6 Å². The lowest BCUT2D eigenvalue weighted by Gasteiger charge is -2.06. The van der Waals surface area contributed by atoms with Crippen LogP contribution in [0.3, 0.4) is 0 Å². The average molecular weight is 237 g/mol. The van der Waals surface area contributed by atoms with E-state index >= 15 is 0 Å². The van der Waals surface area contributed by atoms with Gasteiger partial charge in [0.1, 0.15) is 5.82 Å². The molecule has 0 saturated carbocycles. The molecule has 1 N–H and O–H groups in total. The summed E-state index contributed by atoms with van der Waals surface area (Å²) in [5.41, 5.74) is 0.945. The predicted octanol–water partition coefficient (Wildman–Crippen LogP) is 2.74. The maximum Gasteiger partial charge on any atom is 0.128 e. The van der Waals surface area contributed by atoms with E-state index in [-0.39, 0.29) is 0 Å². The minimum absolute atomic E-state index is 0.625. The molecule has 0 aliphatic carbocycles. The summed E-state index contributed by atoms with van der Waals surface area (Å²) in [5, 5.41) is 7.99. The molecule has 84 valence electrons. The van der Waals surface area contributed by atoms with Crippen LogP contribution in [0.1, 0.15) is 13.3 Å². The number of pyridine rings is 1. The van der Waals surface area contributed by atoms with Crippen molar-refractivity contribution in [2.45, 2.75) is 13.3 Å². The maximum atomic E-state index is 5.82. The lowest BCUT2D eigenvalue weighted by Crippen LogP contribution is -2.03. The molecular weight excluding hydrogens is 224 g/mol. The first kappa shape index (κ1) is 11.0. The van der Waals surface area contributed by atoms with Crippen LogP contribution in [0.25, 0.3) is 5.69 Å². The van der Waals surface area contributed by atoms with Crippen LogP contribution in [0.5, 0.6) is 0 Å². The Labute approximate surface area is 99.3 Å². The van der Waals surface area contributed by atoms with E-state index in [0.29, 0.717) is 5.02 Å². The minimum Gasteiger partial charge on any atom is -0.370 e. The van der Waals surface area contributed by atoms with Gasteiger partial charge in [0, 0.05) is 25.0 Å². The lowest BCUT2D eigenvalue weighted by atomic mass is 10.4. The second-order valence-electron chi connectivity index (χ2n) is 3.43. The summed E-state index contributed by atoms with van der Waals surface area (Å²) in [6, 6.07) is 3.83. The third-order valence-corrected chi connectivity index (χ3v) is 2.31. The first-order chi connectivity index (χ1) is 7.79. The molecule has 0 atom stereocenters. The first-order valence-corrected chi connectivity index (χ1v) is 5.58. The van der Waals surface area contributed by atoms with E-state index < -0.39 is 0 Å². The molecule has 2 rings (SSSR count). The summed E-state index contributed by atoms with van der Waals surface area (Å²) in [5.74, 6) is 0.853. The van der Waals surface area contributed by atoms with Gasteiger partial charge < -0.3 is 5.32 Å². The van der Waals surface area contributed by atoms with Gasteiger partial charge in [-0.15, -0.1) is 0 Å². The molecule has 0 aromatic carbocycles. The molecule has 16 heavy (non-hydrogen) atoms. The second kappa shape index (κ2) is 4.99. The fraction of sp³-hybridized carbons (Fsp3) is 0.273. The highest BCUT2D eigenvalue weighted by molar-refractivity contribution is 6.30. The highest BCUT2D eigenvalue weighted by Crippen LogP contribution is 2.14. The topological polar surface area (TPSA) is 42.7 Å². The van der Waals surface area contributed by atoms with Crippen molar-refractivity contribution in [2.75, 3.05) is 11.9 Å². The minimum atomic E-state index is 0.625. The Balaban J connectivity index is 2.22. The van der Waals surface area contributed by atoms with Crippen molar-refractivity contribution in [3.05, 3.63) is 35.7 Å². The summed E-state index contributed by atoms with van der Waals surface area (Å²) in [6.45, 7) is 3.03. The Hall–Kier alpha value is -1.55. The Morgan fingerprint density at radius 3 is 3.06 bits per heavy atom. The van der Waals surface area contributed by atoms with Crippen LogP contribution in [0.15, 0.2) is 30.7 Å². The Kier molecular flexibility index (Phi) is 3.41. The quantitative estimate of drug-likeness (QED) is 0.888. The highest BCUT2D eigenvalue weighted by atomic mass is 35.5. The van der Waals surface area contributed by atoms with Crippen molar-refractivity contribution in [3.8, 4) is 5.69 Å². The SMILES string of the molecule is CCCNc1cc(-n2cc(Cl)cn2)ccn1. The van der Waals surface area contributed by atoms with Gasteiger partial charge in [0.2, 0.25) is 0 Å². The standard InChI is InChI=1S/C11H13ClN4/c1-2-4-13-11-6-10(3-5-14-11)16-8-9(12)7-15-16/h3,5-8H,2,4H2,1H3,(H,13,14). The molecule has 0 spiro atoms. The van der Waals surface area contributed by atoms with E-state index in [2.05, 4.69) is 22.3 Å². The van der Waals surface area contributed by atoms with Crippen LogP contribution in [0, 0.1) is 0 Å². The van der Waals surface area contributed by atoms with Crippen molar-refractivity contribution < 1.29 is 0 Å². The molecule has 2 aromatic rings. The zero-order valence-corrected chi connectivity index (χ0v) is 9.78. The van der Waals surface area contributed by atoms with E-state index in [1.54, 1.807) is 23.3 Å². The van der Waals surface area contributed by atoms with Gasteiger partial charge in [0.05, 0.1) is 16.9 Å². The zero-order chi connectivity index (χ0) is 11.4. The molecule has 0 aliphatic heterocycles. The van der Waals surface area contributed by atoms with E-state index in [1.807, 2.05) is 12.1 Å². The summed E-state index contributed by atoms with van der Waals surface area (Å²) in [4.78, 5) is 4.22. The summed E-state index contributed by atoms with van der Waals surface area (Å²) in [7, 11) is 0. The molecule has 0 radical (unpaired) electrons. The summed E-state index contributed by atoms with van der Waals surface area (Å²) < 4.78 is 1.72. The number of nitrogens with one attached hydrogen (secondary N) is 1. The smallest absolute Gasteiger partial charge is 0.128 e. The van der Waals surface area contributed by atoms with E-state index in [4.69, 9.17) is 11.6 Å². The molecule has 0 amide bonds.